The number of hydrogen-bond acceptors (Lipinski definition) is 4. The number of benzene rings is 1. The lowest BCUT2D eigenvalue weighted by atomic mass is 9.94. The summed E-state index contributed by atoms with van der Waals surface area (Å²) in [6.07, 6.45) is 4.46. The van der Waals surface area contributed by atoms with Gasteiger partial charge >= 0.3 is 6.09 Å². The number of phenols is 1. The van der Waals surface area contributed by atoms with Gasteiger partial charge in [0.15, 0.2) is 0 Å². The van der Waals surface area contributed by atoms with Gasteiger partial charge in [0.25, 0.3) is 0 Å². The summed E-state index contributed by atoms with van der Waals surface area (Å²) >= 11 is 0. The molecule has 5 nitrogen and oxygen atoms in total. The molecule has 5 heteroatoms. The largest absolute Gasteiger partial charge is 0.507 e. The molecule has 1 amide bonds. The summed E-state index contributed by atoms with van der Waals surface area (Å²) in [7, 11) is 0. The molecule has 3 N–H and O–H groups in total. The molecule has 0 bridgehead atoms. The van der Waals surface area contributed by atoms with Gasteiger partial charge in [-0.3, -0.25) is 0 Å². The number of nitrogens with one attached hydrogen (secondary N) is 2. The first-order valence-electron chi connectivity index (χ1n) is 8.96. The summed E-state index contributed by atoms with van der Waals surface area (Å²) in [5.41, 5.74) is 3.36. The normalized spacial score (nSPS) is 17.6. The molecule has 0 aliphatic carbocycles. The number of hydrogen-bond donors (Lipinski definition) is 3. The van der Waals surface area contributed by atoms with Gasteiger partial charge in [0.05, 0.1) is 0 Å². The van der Waals surface area contributed by atoms with Crippen LogP contribution in [0.25, 0.3) is 0 Å². The molecule has 1 aromatic rings. The van der Waals surface area contributed by atoms with Crippen LogP contribution in [0.3, 0.4) is 0 Å². The summed E-state index contributed by atoms with van der Waals surface area (Å²) in [6, 6.07) is 0.116. The van der Waals surface area contributed by atoms with Crippen molar-refractivity contribution in [3.8, 4) is 11.5 Å². The van der Waals surface area contributed by atoms with Gasteiger partial charge in [-0.1, -0.05) is 13.3 Å². The van der Waals surface area contributed by atoms with Gasteiger partial charge in [0.2, 0.25) is 0 Å². The van der Waals surface area contributed by atoms with Crippen molar-refractivity contribution in [1.29, 1.82) is 0 Å². The van der Waals surface area contributed by atoms with Gasteiger partial charge in [-0.2, -0.15) is 0 Å². The number of rotatable bonds is 5. The lowest BCUT2D eigenvalue weighted by Crippen LogP contribution is -2.46. The first-order valence-corrected chi connectivity index (χ1v) is 8.96. The molecule has 24 heavy (non-hydrogen) atoms. The van der Waals surface area contributed by atoms with Gasteiger partial charge in [0.1, 0.15) is 11.5 Å². The molecule has 134 valence electrons. The van der Waals surface area contributed by atoms with E-state index in [-0.39, 0.29) is 6.04 Å². The van der Waals surface area contributed by atoms with Crippen LogP contribution in [0.15, 0.2) is 0 Å². The number of aromatic hydroxyl groups is 1. The maximum atomic E-state index is 12.3. The van der Waals surface area contributed by atoms with E-state index in [4.69, 9.17) is 4.74 Å². The zero-order valence-electron chi connectivity index (χ0n) is 15.3. The first kappa shape index (κ1) is 18.6. The standard InChI is InChI=1S/C19H30N2O3/c1-5-6-9-16-14(4)17(22)12(2)13(3)18(16)24-19(23)21-15-8-7-10-20-11-15/h15,20,22H,5-11H2,1-4H3,(H,21,23)/t15-/m1/s1. The van der Waals surface area contributed by atoms with E-state index in [9.17, 15) is 9.90 Å². The zero-order chi connectivity index (χ0) is 17.7. The first-order chi connectivity index (χ1) is 11.5. The molecule has 1 fully saturated rings. The van der Waals surface area contributed by atoms with Crippen LogP contribution in [-0.2, 0) is 6.42 Å². The molecule has 1 saturated heterocycles. The van der Waals surface area contributed by atoms with Crippen LogP contribution in [-0.4, -0.2) is 30.3 Å². The van der Waals surface area contributed by atoms with Crippen molar-refractivity contribution < 1.29 is 14.6 Å². The third-order valence-corrected chi connectivity index (χ3v) is 4.93. The van der Waals surface area contributed by atoms with Crippen molar-refractivity contribution in [3.63, 3.8) is 0 Å². The van der Waals surface area contributed by atoms with Gasteiger partial charge in [-0.25, -0.2) is 4.79 Å². The number of piperidine rings is 1. The van der Waals surface area contributed by atoms with Gasteiger partial charge < -0.3 is 20.5 Å². The Labute approximate surface area is 144 Å². The number of phenolic OH excluding ortho intramolecular Hbond substituents is 1. The molecule has 0 unspecified atom stereocenters. The van der Waals surface area contributed by atoms with Gasteiger partial charge in [-0.15, -0.1) is 0 Å². The minimum Gasteiger partial charge on any atom is -0.507 e. The molecule has 0 spiro atoms. The lowest BCUT2D eigenvalue weighted by molar-refractivity contribution is 0.192. The Bertz CT molecular complexity index is 593. The fourth-order valence-corrected chi connectivity index (χ4v) is 3.23. The molecule has 1 aliphatic rings. The summed E-state index contributed by atoms with van der Waals surface area (Å²) in [5, 5.41) is 16.5. The molecule has 0 aromatic heterocycles. The molecule has 2 rings (SSSR count). The minimum atomic E-state index is -0.408. The summed E-state index contributed by atoms with van der Waals surface area (Å²) in [4.78, 5) is 12.3. The van der Waals surface area contributed by atoms with E-state index in [1.165, 1.54) is 0 Å². The Morgan fingerprint density at radius 3 is 2.67 bits per heavy atom. The van der Waals surface area contributed by atoms with E-state index < -0.39 is 6.09 Å². The molecule has 1 aromatic carbocycles. The van der Waals surface area contributed by atoms with Gasteiger partial charge in [0, 0.05) is 18.2 Å². The maximum absolute atomic E-state index is 12.3. The fourth-order valence-electron chi connectivity index (χ4n) is 3.23. The monoisotopic (exact) mass is 334 g/mol. The molecule has 0 radical (unpaired) electrons. The summed E-state index contributed by atoms with van der Waals surface area (Å²) in [5.74, 6) is 0.917. The molecule has 1 aliphatic heterocycles. The van der Waals surface area contributed by atoms with E-state index in [1.54, 1.807) is 0 Å². The molecule has 0 saturated carbocycles. The van der Waals surface area contributed by atoms with Crippen LogP contribution in [0.1, 0.15) is 54.9 Å². The lowest BCUT2D eigenvalue weighted by Gasteiger charge is -2.24. The third-order valence-electron chi connectivity index (χ3n) is 4.93. The number of amides is 1. The summed E-state index contributed by atoms with van der Waals surface area (Å²) in [6.45, 7) is 9.56. The smallest absolute Gasteiger partial charge is 0.412 e. The van der Waals surface area contributed by atoms with E-state index in [1.807, 2.05) is 20.8 Å². The van der Waals surface area contributed by atoms with Crippen molar-refractivity contribution in [2.45, 2.75) is 65.8 Å². The number of carbonyl (C=O) groups excluding carboxylic acids is 1. The summed E-state index contributed by atoms with van der Waals surface area (Å²) < 4.78 is 5.70. The number of unbranched alkanes of at least 4 members (excludes halogenated alkanes) is 1. The molecule has 1 atom stereocenters. The van der Waals surface area contributed by atoms with Crippen molar-refractivity contribution in [2.24, 2.45) is 0 Å². The SMILES string of the molecule is CCCCc1c(C)c(O)c(C)c(C)c1OC(=O)N[C@@H]1CCCNC1. The molecular weight excluding hydrogens is 304 g/mol. The third kappa shape index (κ3) is 4.20. The second-order valence-electron chi connectivity index (χ2n) is 6.71. The van der Waals surface area contributed by atoms with Crippen molar-refractivity contribution in [2.75, 3.05) is 13.1 Å². The van der Waals surface area contributed by atoms with Crippen LogP contribution in [0.5, 0.6) is 11.5 Å². The number of carbonyl (C=O) groups is 1. The highest BCUT2D eigenvalue weighted by atomic mass is 16.6. The van der Waals surface area contributed by atoms with Crippen LogP contribution in [0.2, 0.25) is 0 Å². The second-order valence-corrected chi connectivity index (χ2v) is 6.71. The average Bonchev–Trinajstić information content (AvgIpc) is 2.58. The quantitative estimate of drug-likeness (QED) is 0.771. The predicted molar refractivity (Wildman–Crippen MR) is 96.0 cm³/mol. The van der Waals surface area contributed by atoms with Crippen LogP contribution < -0.4 is 15.4 Å². The average molecular weight is 334 g/mol. The van der Waals surface area contributed by atoms with Crippen LogP contribution in [0, 0.1) is 20.8 Å². The Balaban J connectivity index is 2.21. The Morgan fingerprint density at radius 2 is 2.04 bits per heavy atom. The minimum absolute atomic E-state index is 0.116. The van der Waals surface area contributed by atoms with Crippen LogP contribution in [0.4, 0.5) is 4.79 Å². The Morgan fingerprint density at radius 1 is 1.29 bits per heavy atom. The highest BCUT2D eigenvalue weighted by Gasteiger charge is 2.22. The maximum Gasteiger partial charge on any atom is 0.412 e. The highest BCUT2D eigenvalue weighted by Crippen LogP contribution is 2.38. The van der Waals surface area contributed by atoms with Crippen molar-refractivity contribution in [3.05, 3.63) is 22.3 Å². The fraction of sp³-hybridized carbons (Fsp3) is 0.632. The van der Waals surface area contributed by atoms with E-state index in [0.717, 1.165) is 67.4 Å². The second kappa shape index (κ2) is 8.38. The Kier molecular flexibility index (Phi) is 6.49. The molecular formula is C19H30N2O3. The van der Waals surface area contributed by atoms with E-state index in [2.05, 4.69) is 17.6 Å². The highest BCUT2D eigenvalue weighted by molar-refractivity contribution is 5.73. The van der Waals surface area contributed by atoms with Crippen LogP contribution >= 0.6 is 0 Å². The van der Waals surface area contributed by atoms with Crippen molar-refractivity contribution >= 4 is 6.09 Å². The Hall–Kier alpha value is -1.75. The predicted octanol–water partition coefficient (Wildman–Crippen LogP) is 3.50. The van der Waals surface area contributed by atoms with Gasteiger partial charge in [-0.05, 0) is 69.7 Å². The van der Waals surface area contributed by atoms with E-state index >= 15 is 0 Å². The van der Waals surface area contributed by atoms with Crippen molar-refractivity contribution in [1.82, 2.24) is 10.6 Å². The zero-order valence-corrected chi connectivity index (χ0v) is 15.3. The molecule has 1 heterocycles. The number of ether oxygens (including phenoxy) is 1. The van der Waals surface area contributed by atoms with E-state index in [0.29, 0.717) is 11.5 Å². The topological polar surface area (TPSA) is 70.6 Å².